The summed E-state index contributed by atoms with van der Waals surface area (Å²) in [7, 11) is 1.40. The van der Waals surface area contributed by atoms with Crippen LogP contribution >= 0.6 is 15.9 Å². The van der Waals surface area contributed by atoms with Crippen LogP contribution in [0, 0.1) is 5.82 Å². The molecule has 0 heterocycles. The summed E-state index contributed by atoms with van der Waals surface area (Å²) in [4.78, 5) is 12.1. The van der Waals surface area contributed by atoms with Gasteiger partial charge in [-0.15, -0.1) is 0 Å². The summed E-state index contributed by atoms with van der Waals surface area (Å²) in [5.41, 5.74) is 0.879. The zero-order chi connectivity index (χ0) is 13.8. The Bertz CT molecular complexity index is 611. The van der Waals surface area contributed by atoms with E-state index in [1.165, 1.54) is 13.2 Å². The van der Waals surface area contributed by atoms with Gasteiger partial charge in [0.25, 0.3) is 0 Å². The van der Waals surface area contributed by atoms with Crippen LogP contribution in [0.1, 0.15) is 15.9 Å². The van der Waals surface area contributed by atoms with Crippen LogP contribution in [0.3, 0.4) is 0 Å². The Morgan fingerprint density at radius 2 is 1.95 bits per heavy atom. The van der Waals surface area contributed by atoms with Gasteiger partial charge in [-0.3, -0.25) is 4.79 Å². The van der Waals surface area contributed by atoms with Crippen molar-refractivity contribution in [2.24, 2.45) is 0 Å². The fraction of sp³-hybridized carbons (Fsp3) is 0.133. The highest BCUT2D eigenvalue weighted by Gasteiger charge is 2.15. The van der Waals surface area contributed by atoms with E-state index in [9.17, 15) is 9.18 Å². The number of rotatable bonds is 4. The van der Waals surface area contributed by atoms with Crippen LogP contribution in [0.25, 0.3) is 0 Å². The molecule has 0 bridgehead atoms. The highest BCUT2D eigenvalue weighted by molar-refractivity contribution is 9.10. The molecule has 0 aromatic heterocycles. The molecule has 98 valence electrons. The third-order valence-electron chi connectivity index (χ3n) is 2.79. The van der Waals surface area contributed by atoms with Crippen molar-refractivity contribution in [2.45, 2.75) is 6.42 Å². The largest absolute Gasteiger partial charge is 0.494 e. The molecule has 0 aliphatic rings. The first kappa shape index (κ1) is 13.7. The zero-order valence-electron chi connectivity index (χ0n) is 10.3. The van der Waals surface area contributed by atoms with Crippen LogP contribution in [0.2, 0.25) is 0 Å². The number of halogens is 2. The molecule has 0 atom stereocenters. The minimum Gasteiger partial charge on any atom is -0.494 e. The Kier molecular flexibility index (Phi) is 4.32. The minimum absolute atomic E-state index is 0.00560. The van der Waals surface area contributed by atoms with Crippen LogP contribution in [-0.2, 0) is 6.42 Å². The summed E-state index contributed by atoms with van der Waals surface area (Å²) in [6.07, 6.45) is 0.00560. The summed E-state index contributed by atoms with van der Waals surface area (Å²) >= 11 is 3.32. The molecule has 0 N–H and O–H groups in total. The molecule has 2 aromatic rings. The number of methoxy groups -OCH3 is 1. The lowest BCUT2D eigenvalue weighted by Crippen LogP contribution is -2.06. The molecule has 0 amide bonds. The molecule has 0 aliphatic carbocycles. The number of ether oxygens (including phenoxy) is 1. The summed E-state index contributed by atoms with van der Waals surface area (Å²) in [5.74, 6) is -0.470. The van der Waals surface area contributed by atoms with E-state index in [0.29, 0.717) is 15.6 Å². The van der Waals surface area contributed by atoms with Crippen molar-refractivity contribution in [2.75, 3.05) is 7.11 Å². The van der Waals surface area contributed by atoms with Gasteiger partial charge in [0, 0.05) is 16.5 Å². The second-order valence-electron chi connectivity index (χ2n) is 4.01. The van der Waals surface area contributed by atoms with Crippen LogP contribution in [0.15, 0.2) is 46.9 Å². The molecule has 0 aliphatic heterocycles. The summed E-state index contributed by atoms with van der Waals surface area (Å²) in [6, 6.07) is 11.9. The van der Waals surface area contributed by atoms with Crippen molar-refractivity contribution >= 4 is 21.7 Å². The predicted octanol–water partition coefficient (Wildman–Crippen LogP) is 4.02. The van der Waals surface area contributed by atoms with Gasteiger partial charge in [0.1, 0.15) is 0 Å². The van der Waals surface area contributed by atoms with E-state index in [1.807, 2.05) is 6.07 Å². The molecule has 4 heteroatoms. The van der Waals surface area contributed by atoms with Gasteiger partial charge >= 0.3 is 0 Å². The molecule has 2 rings (SSSR count). The van der Waals surface area contributed by atoms with Gasteiger partial charge < -0.3 is 4.74 Å². The van der Waals surface area contributed by atoms with Crippen LogP contribution in [-0.4, -0.2) is 12.9 Å². The summed E-state index contributed by atoms with van der Waals surface area (Å²) in [6.45, 7) is 0. The molecule has 0 radical (unpaired) electrons. The molecule has 0 fully saturated rings. The van der Waals surface area contributed by atoms with Gasteiger partial charge in [0.15, 0.2) is 17.3 Å². The maximum atomic E-state index is 14.0. The van der Waals surface area contributed by atoms with E-state index in [-0.39, 0.29) is 18.0 Å². The van der Waals surface area contributed by atoms with E-state index in [1.54, 1.807) is 30.3 Å². The maximum absolute atomic E-state index is 14.0. The fourth-order valence-electron chi connectivity index (χ4n) is 1.81. The van der Waals surface area contributed by atoms with Gasteiger partial charge in [0.2, 0.25) is 0 Å². The minimum atomic E-state index is -0.481. The van der Waals surface area contributed by atoms with Gasteiger partial charge in [-0.25, -0.2) is 4.39 Å². The van der Waals surface area contributed by atoms with E-state index in [4.69, 9.17) is 4.74 Å². The van der Waals surface area contributed by atoms with Crippen LogP contribution < -0.4 is 4.74 Å². The standard InChI is InChI=1S/C15H12BrFO2/c1-19-14-8-4-5-10(15(14)17)9-13(18)11-6-2-3-7-12(11)16/h2-8H,9H2,1H3. The first-order valence-electron chi connectivity index (χ1n) is 5.72. The lowest BCUT2D eigenvalue weighted by Gasteiger charge is -2.07. The van der Waals surface area contributed by atoms with E-state index < -0.39 is 5.82 Å². The smallest absolute Gasteiger partial charge is 0.168 e. The molecule has 0 saturated heterocycles. The average molecular weight is 323 g/mol. The second kappa shape index (κ2) is 5.97. The van der Waals surface area contributed by atoms with E-state index in [0.717, 1.165) is 0 Å². The van der Waals surface area contributed by atoms with Gasteiger partial charge in [-0.2, -0.15) is 0 Å². The number of carbonyl (C=O) groups is 1. The normalized spacial score (nSPS) is 10.3. The van der Waals surface area contributed by atoms with Gasteiger partial charge in [-0.05, 0) is 17.7 Å². The molecule has 0 saturated carbocycles. The van der Waals surface area contributed by atoms with Crippen molar-refractivity contribution < 1.29 is 13.9 Å². The molecule has 0 spiro atoms. The third kappa shape index (κ3) is 3.01. The number of hydrogen-bond acceptors (Lipinski definition) is 2. The summed E-state index contributed by atoms with van der Waals surface area (Å²) < 4.78 is 19.6. The summed E-state index contributed by atoms with van der Waals surface area (Å²) in [5, 5.41) is 0. The molecular weight excluding hydrogens is 311 g/mol. The number of benzene rings is 2. The monoisotopic (exact) mass is 322 g/mol. The van der Waals surface area contributed by atoms with E-state index in [2.05, 4.69) is 15.9 Å². The van der Waals surface area contributed by atoms with Crippen LogP contribution in [0.5, 0.6) is 5.75 Å². The van der Waals surface area contributed by atoms with Gasteiger partial charge in [-0.1, -0.05) is 46.3 Å². The second-order valence-corrected chi connectivity index (χ2v) is 4.87. The Hall–Kier alpha value is -1.68. The van der Waals surface area contributed by atoms with Crippen molar-refractivity contribution in [3.8, 4) is 5.75 Å². The van der Waals surface area contributed by atoms with Crippen molar-refractivity contribution in [1.29, 1.82) is 0 Å². The molecule has 2 aromatic carbocycles. The first-order chi connectivity index (χ1) is 9.13. The quantitative estimate of drug-likeness (QED) is 0.795. The lowest BCUT2D eigenvalue weighted by atomic mass is 10.0. The molecule has 19 heavy (non-hydrogen) atoms. The third-order valence-corrected chi connectivity index (χ3v) is 3.48. The Labute approximate surface area is 119 Å². The van der Waals surface area contributed by atoms with Crippen molar-refractivity contribution in [3.05, 3.63) is 63.9 Å². The average Bonchev–Trinajstić information content (AvgIpc) is 2.41. The highest BCUT2D eigenvalue weighted by atomic mass is 79.9. The van der Waals surface area contributed by atoms with Gasteiger partial charge in [0.05, 0.1) is 7.11 Å². The number of ketones is 1. The predicted molar refractivity (Wildman–Crippen MR) is 75.1 cm³/mol. The SMILES string of the molecule is COc1cccc(CC(=O)c2ccccc2Br)c1F. The zero-order valence-corrected chi connectivity index (χ0v) is 11.9. The lowest BCUT2D eigenvalue weighted by molar-refractivity contribution is 0.0991. The van der Waals surface area contributed by atoms with Crippen molar-refractivity contribution in [3.63, 3.8) is 0 Å². The Morgan fingerprint density at radius 3 is 2.63 bits per heavy atom. The molecular formula is C15H12BrFO2. The maximum Gasteiger partial charge on any atom is 0.168 e. The highest BCUT2D eigenvalue weighted by Crippen LogP contribution is 2.23. The molecule has 0 unspecified atom stereocenters. The Balaban J connectivity index is 2.27. The Morgan fingerprint density at radius 1 is 1.21 bits per heavy atom. The van der Waals surface area contributed by atoms with E-state index >= 15 is 0 Å². The number of Topliss-reactive ketones (excluding diaryl/α,β-unsaturated/α-hetero) is 1. The topological polar surface area (TPSA) is 26.3 Å². The van der Waals surface area contributed by atoms with Crippen molar-refractivity contribution in [1.82, 2.24) is 0 Å². The van der Waals surface area contributed by atoms with Crippen LogP contribution in [0.4, 0.5) is 4.39 Å². The number of hydrogen-bond donors (Lipinski definition) is 0. The first-order valence-corrected chi connectivity index (χ1v) is 6.52. The fourth-order valence-corrected chi connectivity index (χ4v) is 2.31. The number of carbonyl (C=O) groups excluding carboxylic acids is 1. The molecule has 2 nitrogen and oxygen atoms in total.